The van der Waals surface area contributed by atoms with Crippen molar-refractivity contribution in [3.8, 4) is 11.1 Å². The van der Waals surface area contributed by atoms with Gasteiger partial charge in [-0.25, -0.2) is 0 Å². The molecule has 0 fully saturated rings. The van der Waals surface area contributed by atoms with E-state index < -0.39 is 0 Å². The number of nitrogens with two attached hydrogens (primary N) is 1. The van der Waals surface area contributed by atoms with Crippen molar-refractivity contribution in [2.24, 2.45) is 5.73 Å². The summed E-state index contributed by atoms with van der Waals surface area (Å²) >= 11 is 0. The zero-order valence-electron chi connectivity index (χ0n) is 12.1. The quantitative estimate of drug-likeness (QED) is 0.844. The summed E-state index contributed by atoms with van der Waals surface area (Å²) in [5, 5.41) is 0. The lowest BCUT2D eigenvalue weighted by Crippen LogP contribution is -1.87. The van der Waals surface area contributed by atoms with Crippen LogP contribution < -0.4 is 5.73 Å². The molecular weight excluding hydrogens is 230 g/mol. The third-order valence-electron chi connectivity index (χ3n) is 2.85. The molecule has 2 rings (SSSR count). The van der Waals surface area contributed by atoms with E-state index in [0.717, 1.165) is 6.54 Å². The molecule has 0 atom stereocenters. The van der Waals surface area contributed by atoms with Gasteiger partial charge in [-0.3, -0.25) is 0 Å². The summed E-state index contributed by atoms with van der Waals surface area (Å²) in [4.78, 5) is 0. The van der Waals surface area contributed by atoms with Crippen LogP contribution in [-0.2, 0) is 6.42 Å². The second-order valence-electron chi connectivity index (χ2n) is 4.58. The molecule has 2 aromatic carbocycles. The molecule has 19 heavy (non-hydrogen) atoms. The fourth-order valence-electron chi connectivity index (χ4n) is 1.92. The van der Waals surface area contributed by atoms with E-state index in [0.29, 0.717) is 0 Å². The highest BCUT2D eigenvalue weighted by Crippen LogP contribution is 2.20. The molecule has 0 radical (unpaired) electrons. The smallest absolute Gasteiger partial charge is 0.0106 e. The van der Waals surface area contributed by atoms with Gasteiger partial charge in [0.25, 0.3) is 0 Å². The normalized spacial score (nSPS) is 9.63. The highest BCUT2D eigenvalue weighted by atomic mass is 14.5. The zero-order chi connectivity index (χ0) is 13.9. The monoisotopic (exact) mass is 255 g/mol. The van der Waals surface area contributed by atoms with Crippen LogP contribution in [0.25, 0.3) is 11.1 Å². The first-order valence-corrected chi connectivity index (χ1v) is 7.16. The van der Waals surface area contributed by atoms with Crippen LogP contribution in [0.5, 0.6) is 0 Å². The maximum atomic E-state index is 4.85. The van der Waals surface area contributed by atoms with Crippen LogP contribution in [0.1, 0.15) is 32.3 Å². The third-order valence-corrected chi connectivity index (χ3v) is 2.85. The first kappa shape index (κ1) is 15.5. The number of benzene rings is 2. The largest absolute Gasteiger partial charge is 0.331 e. The van der Waals surface area contributed by atoms with Gasteiger partial charge >= 0.3 is 0 Å². The minimum absolute atomic E-state index is 0.750. The second kappa shape index (κ2) is 9.35. The lowest BCUT2D eigenvalue weighted by Gasteiger charge is -2.05. The SMILES string of the molecule is CCCCc1cccc(-c2ccccc2)c1.CCN. The van der Waals surface area contributed by atoms with E-state index in [9.17, 15) is 0 Å². The van der Waals surface area contributed by atoms with Crippen molar-refractivity contribution < 1.29 is 0 Å². The Morgan fingerprint density at radius 2 is 1.47 bits per heavy atom. The first-order chi connectivity index (χ1) is 9.31. The fraction of sp³-hybridized carbons (Fsp3) is 0.333. The van der Waals surface area contributed by atoms with Crippen LogP contribution >= 0.6 is 0 Å². The molecule has 0 spiro atoms. The Kier molecular flexibility index (Phi) is 7.60. The predicted molar refractivity (Wildman–Crippen MR) is 85.2 cm³/mol. The van der Waals surface area contributed by atoms with Gasteiger partial charge in [0.2, 0.25) is 0 Å². The molecule has 0 aliphatic rings. The third kappa shape index (κ3) is 5.71. The highest BCUT2D eigenvalue weighted by Gasteiger charge is 1.98. The molecule has 0 saturated heterocycles. The number of hydrogen-bond donors (Lipinski definition) is 1. The highest BCUT2D eigenvalue weighted by molar-refractivity contribution is 5.63. The maximum Gasteiger partial charge on any atom is -0.0106 e. The lowest BCUT2D eigenvalue weighted by atomic mass is 10.0. The van der Waals surface area contributed by atoms with Crippen molar-refractivity contribution in [1.82, 2.24) is 0 Å². The average molecular weight is 255 g/mol. The van der Waals surface area contributed by atoms with Gasteiger partial charge in [0.05, 0.1) is 0 Å². The van der Waals surface area contributed by atoms with Crippen molar-refractivity contribution in [3.63, 3.8) is 0 Å². The molecule has 102 valence electrons. The van der Waals surface area contributed by atoms with E-state index in [1.165, 1.54) is 36.0 Å². The summed E-state index contributed by atoms with van der Waals surface area (Å²) in [6.45, 7) is 4.89. The van der Waals surface area contributed by atoms with Crippen LogP contribution in [-0.4, -0.2) is 6.54 Å². The van der Waals surface area contributed by atoms with E-state index in [1.807, 2.05) is 6.92 Å². The van der Waals surface area contributed by atoms with E-state index in [4.69, 9.17) is 5.73 Å². The molecule has 0 heterocycles. The summed E-state index contributed by atoms with van der Waals surface area (Å²) < 4.78 is 0. The molecule has 0 amide bonds. The molecule has 0 unspecified atom stereocenters. The standard InChI is InChI=1S/C16H18.C2H7N/c1-2-3-8-14-9-7-12-16(13-14)15-10-5-4-6-11-15;1-2-3/h4-7,9-13H,2-3,8H2,1H3;2-3H2,1H3. The average Bonchev–Trinajstić information content (AvgIpc) is 2.47. The van der Waals surface area contributed by atoms with Gasteiger partial charge in [-0.15, -0.1) is 0 Å². The summed E-state index contributed by atoms with van der Waals surface area (Å²) in [7, 11) is 0. The second-order valence-corrected chi connectivity index (χ2v) is 4.58. The number of aryl methyl sites for hydroxylation is 1. The van der Waals surface area contributed by atoms with Gasteiger partial charge in [-0.1, -0.05) is 74.9 Å². The predicted octanol–water partition coefficient (Wildman–Crippen LogP) is 4.66. The Balaban J connectivity index is 0.000000550. The van der Waals surface area contributed by atoms with Crippen LogP contribution in [0.4, 0.5) is 0 Å². The topological polar surface area (TPSA) is 26.0 Å². The van der Waals surface area contributed by atoms with Crippen molar-refractivity contribution in [2.45, 2.75) is 33.1 Å². The fourth-order valence-corrected chi connectivity index (χ4v) is 1.92. The van der Waals surface area contributed by atoms with Crippen molar-refractivity contribution >= 4 is 0 Å². The Labute approximate surface area is 117 Å². The summed E-state index contributed by atoms with van der Waals surface area (Å²) in [6.07, 6.45) is 3.73. The molecule has 0 aliphatic heterocycles. The van der Waals surface area contributed by atoms with Gasteiger partial charge in [-0.2, -0.15) is 0 Å². The zero-order valence-corrected chi connectivity index (χ0v) is 12.1. The van der Waals surface area contributed by atoms with Gasteiger partial charge < -0.3 is 5.73 Å². The molecular formula is C18H25N. The number of hydrogen-bond acceptors (Lipinski definition) is 1. The minimum atomic E-state index is 0.750. The molecule has 1 heteroatoms. The van der Waals surface area contributed by atoms with Crippen molar-refractivity contribution in [1.29, 1.82) is 0 Å². The summed E-state index contributed by atoms with van der Waals surface area (Å²) in [5.41, 5.74) is 8.93. The van der Waals surface area contributed by atoms with E-state index in [1.54, 1.807) is 0 Å². The van der Waals surface area contributed by atoms with Crippen LogP contribution in [0.3, 0.4) is 0 Å². The van der Waals surface area contributed by atoms with E-state index in [2.05, 4.69) is 61.5 Å². The van der Waals surface area contributed by atoms with Crippen LogP contribution in [0, 0.1) is 0 Å². The van der Waals surface area contributed by atoms with Crippen LogP contribution in [0.15, 0.2) is 54.6 Å². The lowest BCUT2D eigenvalue weighted by molar-refractivity contribution is 0.795. The molecule has 2 aromatic rings. The van der Waals surface area contributed by atoms with E-state index in [-0.39, 0.29) is 0 Å². The number of rotatable bonds is 4. The van der Waals surface area contributed by atoms with Crippen LogP contribution in [0.2, 0.25) is 0 Å². The van der Waals surface area contributed by atoms with Crippen molar-refractivity contribution in [2.75, 3.05) is 6.54 Å². The summed E-state index contributed by atoms with van der Waals surface area (Å²) in [6, 6.07) is 19.5. The molecule has 2 N–H and O–H groups in total. The molecule has 0 bridgehead atoms. The maximum absolute atomic E-state index is 4.85. The van der Waals surface area contributed by atoms with Gasteiger partial charge in [0.1, 0.15) is 0 Å². The Morgan fingerprint density at radius 1 is 0.842 bits per heavy atom. The molecule has 0 aromatic heterocycles. The Bertz CT molecular complexity index is 448. The minimum Gasteiger partial charge on any atom is -0.331 e. The Morgan fingerprint density at radius 3 is 2.11 bits per heavy atom. The Hall–Kier alpha value is -1.60. The molecule has 1 nitrogen and oxygen atoms in total. The van der Waals surface area contributed by atoms with Gasteiger partial charge in [0.15, 0.2) is 0 Å². The van der Waals surface area contributed by atoms with E-state index >= 15 is 0 Å². The van der Waals surface area contributed by atoms with Crippen molar-refractivity contribution in [3.05, 3.63) is 60.2 Å². The first-order valence-electron chi connectivity index (χ1n) is 7.16. The van der Waals surface area contributed by atoms with Gasteiger partial charge in [-0.05, 0) is 36.1 Å². The number of unbranched alkanes of at least 4 members (excludes halogenated alkanes) is 1. The van der Waals surface area contributed by atoms with Gasteiger partial charge in [0, 0.05) is 0 Å². The summed E-state index contributed by atoms with van der Waals surface area (Å²) in [5.74, 6) is 0. The molecule has 0 aliphatic carbocycles. The molecule has 0 saturated carbocycles.